The number of rotatable bonds is 6. The van der Waals surface area contributed by atoms with Gasteiger partial charge in [-0.15, -0.1) is 0 Å². The molecule has 1 amide bonds. The van der Waals surface area contributed by atoms with Gasteiger partial charge in [-0.1, -0.05) is 12.1 Å². The van der Waals surface area contributed by atoms with Crippen molar-refractivity contribution in [2.75, 3.05) is 7.11 Å². The molecule has 0 fully saturated rings. The van der Waals surface area contributed by atoms with Gasteiger partial charge in [0.05, 0.1) is 7.11 Å². The highest BCUT2D eigenvalue weighted by Gasteiger charge is 2.31. The van der Waals surface area contributed by atoms with Crippen molar-refractivity contribution in [3.8, 4) is 16.9 Å². The van der Waals surface area contributed by atoms with Crippen LogP contribution in [-0.2, 0) is 14.3 Å². The molecule has 0 heterocycles. The van der Waals surface area contributed by atoms with Crippen molar-refractivity contribution < 1.29 is 38.1 Å². The molecule has 0 saturated heterocycles. The number of halogens is 1. The Morgan fingerprint density at radius 3 is 2.09 bits per heavy atom. The summed E-state index contributed by atoms with van der Waals surface area (Å²) in [4.78, 5) is 37.0. The average molecular weight is 476 g/mol. The molecule has 1 unspecified atom stereocenters. The van der Waals surface area contributed by atoms with Crippen molar-refractivity contribution in [1.29, 1.82) is 0 Å². The van der Waals surface area contributed by atoms with Gasteiger partial charge >= 0.3 is 18.0 Å². The fourth-order valence-corrected chi connectivity index (χ4v) is 3.05. The number of carboxylic acids is 1. The summed E-state index contributed by atoms with van der Waals surface area (Å²) in [5.41, 5.74) is -1.31. The largest absolute Gasteiger partial charge is 0.496 e. The molecule has 0 aliphatic carbocycles. The number of hydrogen-bond donors (Lipinski definition) is 2. The van der Waals surface area contributed by atoms with E-state index in [2.05, 4.69) is 5.32 Å². The van der Waals surface area contributed by atoms with Crippen LogP contribution < -0.4 is 10.1 Å². The first-order chi connectivity index (χ1) is 15.6. The van der Waals surface area contributed by atoms with E-state index in [1.54, 1.807) is 41.5 Å². The van der Waals surface area contributed by atoms with Crippen molar-refractivity contribution in [1.82, 2.24) is 5.32 Å². The number of carboxylic acid groups (broad SMARTS) is 1. The predicted molar refractivity (Wildman–Crippen MR) is 123 cm³/mol. The zero-order chi connectivity index (χ0) is 25.8. The topological polar surface area (TPSA) is 111 Å². The number of aromatic carboxylic acids is 1. The number of amides is 1. The molecule has 0 aromatic heterocycles. The SMILES string of the molecule is COc1ccc(-c2cc(C(NC(=O)OC(C)(C)C)C(=O)OC(C)(C)C)ccc2F)cc1C(=O)O. The highest BCUT2D eigenvalue weighted by Crippen LogP contribution is 2.31. The summed E-state index contributed by atoms with van der Waals surface area (Å²) in [6.07, 6.45) is -0.855. The number of carbonyl (C=O) groups is 3. The Morgan fingerprint density at radius 2 is 1.56 bits per heavy atom. The molecule has 0 spiro atoms. The normalized spacial score (nSPS) is 12.5. The quantitative estimate of drug-likeness (QED) is 0.559. The third kappa shape index (κ3) is 7.19. The van der Waals surface area contributed by atoms with Crippen LogP contribution in [0.25, 0.3) is 11.1 Å². The lowest BCUT2D eigenvalue weighted by atomic mass is 9.97. The van der Waals surface area contributed by atoms with Crippen LogP contribution >= 0.6 is 0 Å². The van der Waals surface area contributed by atoms with Crippen LogP contribution in [0.3, 0.4) is 0 Å². The van der Waals surface area contributed by atoms with Crippen molar-refractivity contribution in [3.63, 3.8) is 0 Å². The van der Waals surface area contributed by atoms with Gasteiger partial charge in [0.25, 0.3) is 0 Å². The lowest BCUT2D eigenvalue weighted by Gasteiger charge is -2.26. The Balaban J connectivity index is 2.55. The molecule has 1 atom stereocenters. The Hall–Kier alpha value is -3.62. The summed E-state index contributed by atoms with van der Waals surface area (Å²) in [6, 6.07) is 6.70. The molecular formula is C25H30FNO7. The van der Waals surface area contributed by atoms with Gasteiger partial charge in [-0.3, -0.25) is 0 Å². The van der Waals surface area contributed by atoms with Gasteiger partial charge in [0.2, 0.25) is 0 Å². The first kappa shape index (κ1) is 26.6. The van der Waals surface area contributed by atoms with E-state index < -0.39 is 41.1 Å². The minimum atomic E-state index is -1.30. The molecule has 8 nitrogen and oxygen atoms in total. The standard InChI is InChI=1S/C25H30FNO7/c1-24(2,3)33-22(30)20(27-23(31)34-25(4,5)6)15-8-10-18(26)16(13-15)14-9-11-19(32-7)17(12-14)21(28)29/h8-13,20H,1-7H3,(H,27,31)(H,28,29). The van der Waals surface area contributed by atoms with E-state index in [0.29, 0.717) is 0 Å². The summed E-state index contributed by atoms with van der Waals surface area (Å²) in [5.74, 6) is -2.54. The number of carbonyl (C=O) groups excluding carboxylic acids is 2. The Kier molecular flexibility index (Phi) is 7.92. The second-order valence-corrected chi connectivity index (χ2v) is 9.57. The summed E-state index contributed by atoms with van der Waals surface area (Å²) in [6.45, 7) is 10.1. The number of methoxy groups -OCH3 is 1. The first-order valence-electron chi connectivity index (χ1n) is 10.5. The number of alkyl carbamates (subject to hydrolysis) is 1. The Bertz CT molecular complexity index is 1080. The Labute approximate surface area is 198 Å². The van der Waals surface area contributed by atoms with E-state index in [0.717, 1.165) is 6.07 Å². The summed E-state index contributed by atoms with van der Waals surface area (Å²) >= 11 is 0. The van der Waals surface area contributed by atoms with E-state index in [4.69, 9.17) is 14.2 Å². The lowest BCUT2D eigenvalue weighted by Crippen LogP contribution is -2.40. The average Bonchev–Trinajstić information content (AvgIpc) is 2.69. The summed E-state index contributed by atoms with van der Waals surface area (Å²) < 4.78 is 30.5. The van der Waals surface area contributed by atoms with Crippen molar-refractivity contribution in [2.45, 2.75) is 58.8 Å². The van der Waals surface area contributed by atoms with Gasteiger partial charge in [0.15, 0.2) is 6.04 Å². The molecule has 2 aromatic rings. The molecule has 2 N–H and O–H groups in total. The van der Waals surface area contributed by atoms with Gasteiger partial charge < -0.3 is 24.6 Å². The van der Waals surface area contributed by atoms with Crippen LogP contribution in [0.4, 0.5) is 9.18 Å². The smallest absolute Gasteiger partial charge is 0.408 e. The fraction of sp³-hybridized carbons (Fsp3) is 0.400. The van der Waals surface area contributed by atoms with E-state index in [-0.39, 0.29) is 28.0 Å². The van der Waals surface area contributed by atoms with Gasteiger partial charge in [0.1, 0.15) is 28.3 Å². The van der Waals surface area contributed by atoms with E-state index in [9.17, 15) is 23.9 Å². The number of benzene rings is 2. The molecule has 0 bridgehead atoms. The van der Waals surface area contributed by atoms with Crippen LogP contribution in [0.1, 0.15) is 63.5 Å². The maximum absolute atomic E-state index is 14.8. The van der Waals surface area contributed by atoms with Crippen LogP contribution in [0.5, 0.6) is 5.75 Å². The van der Waals surface area contributed by atoms with Crippen LogP contribution in [0.15, 0.2) is 36.4 Å². The minimum absolute atomic E-state index is 0.0298. The highest BCUT2D eigenvalue weighted by molar-refractivity contribution is 5.93. The van der Waals surface area contributed by atoms with Gasteiger partial charge in [0, 0.05) is 5.56 Å². The third-order valence-corrected chi connectivity index (χ3v) is 4.37. The van der Waals surface area contributed by atoms with Gasteiger partial charge in [-0.2, -0.15) is 0 Å². The lowest BCUT2D eigenvalue weighted by molar-refractivity contribution is -0.157. The second kappa shape index (κ2) is 10.1. The summed E-state index contributed by atoms with van der Waals surface area (Å²) in [7, 11) is 1.33. The van der Waals surface area contributed by atoms with Gasteiger partial charge in [-0.05, 0) is 76.9 Å². The molecule has 0 aliphatic rings. The van der Waals surface area contributed by atoms with Crippen molar-refractivity contribution in [2.24, 2.45) is 0 Å². The zero-order valence-corrected chi connectivity index (χ0v) is 20.3. The molecule has 9 heteroatoms. The van der Waals surface area contributed by atoms with E-state index >= 15 is 0 Å². The van der Waals surface area contributed by atoms with Crippen molar-refractivity contribution >= 4 is 18.0 Å². The predicted octanol–water partition coefficient (Wildman–Crippen LogP) is 5.11. The zero-order valence-electron chi connectivity index (χ0n) is 20.3. The Morgan fingerprint density at radius 1 is 0.941 bits per heavy atom. The van der Waals surface area contributed by atoms with Crippen LogP contribution in [0, 0.1) is 5.82 Å². The number of ether oxygens (including phenoxy) is 3. The number of esters is 1. The van der Waals surface area contributed by atoms with Crippen LogP contribution in [-0.4, -0.2) is 41.5 Å². The monoisotopic (exact) mass is 475 g/mol. The molecule has 0 radical (unpaired) electrons. The van der Waals surface area contributed by atoms with E-state index in [1.807, 2.05) is 0 Å². The third-order valence-electron chi connectivity index (χ3n) is 4.37. The maximum Gasteiger partial charge on any atom is 0.408 e. The minimum Gasteiger partial charge on any atom is -0.496 e. The molecule has 0 aliphatic heterocycles. The molecule has 184 valence electrons. The molecule has 34 heavy (non-hydrogen) atoms. The van der Waals surface area contributed by atoms with E-state index in [1.165, 1.54) is 37.4 Å². The second-order valence-electron chi connectivity index (χ2n) is 9.57. The number of nitrogens with one attached hydrogen (secondary N) is 1. The summed E-state index contributed by atoms with van der Waals surface area (Å²) in [5, 5.41) is 11.9. The molecule has 2 aromatic carbocycles. The fourth-order valence-electron chi connectivity index (χ4n) is 3.05. The van der Waals surface area contributed by atoms with Gasteiger partial charge in [-0.25, -0.2) is 18.8 Å². The molecule has 2 rings (SSSR count). The highest BCUT2D eigenvalue weighted by atomic mass is 19.1. The first-order valence-corrected chi connectivity index (χ1v) is 10.5. The number of hydrogen-bond acceptors (Lipinski definition) is 6. The van der Waals surface area contributed by atoms with Crippen LogP contribution in [0.2, 0.25) is 0 Å². The molecular weight excluding hydrogens is 445 g/mol. The van der Waals surface area contributed by atoms with Crippen molar-refractivity contribution in [3.05, 3.63) is 53.3 Å². The maximum atomic E-state index is 14.8. The molecule has 0 saturated carbocycles.